The molecule has 0 spiro atoms. The van der Waals surface area contributed by atoms with E-state index in [9.17, 15) is 0 Å². The highest BCUT2D eigenvalue weighted by Gasteiger charge is 2.27. The molecule has 1 saturated heterocycles. The molecule has 1 aliphatic heterocycles. The molecular formula is C16H23Cl2NO. The molecule has 0 aliphatic carbocycles. The van der Waals surface area contributed by atoms with Gasteiger partial charge in [-0.3, -0.25) is 0 Å². The summed E-state index contributed by atoms with van der Waals surface area (Å²) in [6.07, 6.45) is 1.12. The summed E-state index contributed by atoms with van der Waals surface area (Å²) in [4.78, 5) is 0. The molecule has 1 aromatic carbocycles. The van der Waals surface area contributed by atoms with Gasteiger partial charge in [-0.15, -0.1) is 0 Å². The molecule has 2 unspecified atom stereocenters. The van der Waals surface area contributed by atoms with Crippen LogP contribution in [-0.4, -0.2) is 26.3 Å². The molecule has 1 aliphatic rings. The first-order valence-corrected chi connectivity index (χ1v) is 8.07. The number of halogens is 2. The number of benzene rings is 1. The van der Waals surface area contributed by atoms with Crippen LogP contribution in [0, 0.1) is 11.8 Å². The Morgan fingerprint density at radius 3 is 2.80 bits per heavy atom. The Bertz CT molecular complexity index is 436. The van der Waals surface area contributed by atoms with Gasteiger partial charge in [-0.05, 0) is 42.5 Å². The highest BCUT2D eigenvalue weighted by atomic mass is 35.5. The van der Waals surface area contributed by atoms with Gasteiger partial charge in [-0.25, -0.2) is 0 Å². The fraction of sp³-hybridized carbons (Fsp3) is 0.625. The van der Waals surface area contributed by atoms with Crippen molar-refractivity contribution in [2.45, 2.75) is 26.2 Å². The predicted molar refractivity (Wildman–Crippen MR) is 85.8 cm³/mol. The minimum Gasteiger partial charge on any atom is -0.381 e. The van der Waals surface area contributed by atoms with E-state index < -0.39 is 0 Å². The van der Waals surface area contributed by atoms with Crippen molar-refractivity contribution < 1.29 is 4.74 Å². The quantitative estimate of drug-likeness (QED) is 0.871. The first-order chi connectivity index (χ1) is 9.58. The highest BCUT2D eigenvalue weighted by molar-refractivity contribution is 6.42. The molecule has 0 bridgehead atoms. The van der Waals surface area contributed by atoms with Crippen LogP contribution in [0.4, 0.5) is 0 Å². The summed E-state index contributed by atoms with van der Waals surface area (Å²) in [6.45, 7) is 8.03. The summed E-state index contributed by atoms with van der Waals surface area (Å²) in [5.41, 5.74) is 1.28. The minimum absolute atomic E-state index is 0.498. The standard InChI is InChI=1S/C16H23Cl2NO/c1-11(2)9-20-10-13-8-19-6-5-14(13)12-3-4-15(17)16(18)7-12/h3-4,7,11,13-14,19H,5-6,8-10H2,1-2H3. The van der Waals surface area contributed by atoms with E-state index in [1.807, 2.05) is 12.1 Å². The molecule has 0 aromatic heterocycles. The lowest BCUT2D eigenvalue weighted by Gasteiger charge is -2.32. The number of piperidine rings is 1. The molecule has 1 aromatic rings. The summed E-state index contributed by atoms with van der Waals surface area (Å²) < 4.78 is 5.84. The lowest BCUT2D eigenvalue weighted by atomic mass is 9.81. The van der Waals surface area contributed by atoms with E-state index in [-0.39, 0.29) is 0 Å². The molecule has 1 N–H and O–H groups in total. The van der Waals surface area contributed by atoms with E-state index in [1.165, 1.54) is 5.56 Å². The number of ether oxygens (including phenoxy) is 1. The van der Waals surface area contributed by atoms with E-state index in [0.717, 1.165) is 32.7 Å². The van der Waals surface area contributed by atoms with Crippen LogP contribution in [-0.2, 0) is 4.74 Å². The van der Waals surface area contributed by atoms with Crippen LogP contribution in [0.2, 0.25) is 10.0 Å². The molecule has 2 rings (SSSR count). The van der Waals surface area contributed by atoms with Gasteiger partial charge in [-0.1, -0.05) is 43.1 Å². The monoisotopic (exact) mass is 315 g/mol. The van der Waals surface area contributed by atoms with Crippen LogP contribution in [0.5, 0.6) is 0 Å². The number of hydrogen-bond acceptors (Lipinski definition) is 2. The van der Waals surface area contributed by atoms with Gasteiger partial charge in [0.25, 0.3) is 0 Å². The molecule has 0 radical (unpaired) electrons. The smallest absolute Gasteiger partial charge is 0.0595 e. The topological polar surface area (TPSA) is 21.3 Å². The van der Waals surface area contributed by atoms with Gasteiger partial charge in [0.05, 0.1) is 16.7 Å². The SMILES string of the molecule is CC(C)COCC1CNCCC1c1ccc(Cl)c(Cl)c1. The van der Waals surface area contributed by atoms with E-state index in [2.05, 4.69) is 25.2 Å². The van der Waals surface area contributed by atoms with Crippen LogP contribution in [0.1, 0.15) is 31.7 Å². The lowest BCUT2D eigenvalue weighted by molar-refractivity contribution is 0.0642. The fourth-order valence-corrected chi connectivity index (χ4v) is 3.04. The van der Waals surface area contributed by atoms with Crippen molar-refractivity contribution in [1.82, 2.24) is 5.32 Å². The highest BCUT2D eigenvalue weighted by Crippen LogP contribution is 2.34. The Morgan fingerprint density at radius 2 is 2.10 bits per heavy atom. The van der Waals surface area contributed by atoms with E-state index in [1.54, 1.807) is 0 Å². The van der Waals surface area contributed by atoms with Crippen LogP contribution < -0.4 is 5.32 Å². The zero-order valence-corrected chi connectivity index (χ0v) is 13.7. The molecule has 0 saturated carbocycles. The summed E-state index contributed by atoms with van der Waals surface area (Å²) in [7, 11) is 0. The zero-order chi connectivity index (χ0) is 14.5. The second kappa shape index (κ2) is 7.65. The first kappa shape index (κ1) is 16.1. The number of rotatable bonds is 5. The summed E-state index contributed by atoms with van der Waals surface area (Å²) in [5, 5.41) is 4.72. The van der Waals surface area contributed by atoms with Gasteiger partial charge in [0.2, 0.25) is 0 Å². The third-order valence-electron chi connectivity index (χ3n) is 3.76. The van der Waals surface area contributed by atoms with Crippen LogP contribution >= 0.6 is 23.2 Å². The summed E-state index contributed by atoms with van der Waals surface area (Å²) >= 11 is 12.2. The Balaban J connectivity index is 2.03. The third kappa shape index (κ3) is 4.36. The van der Waals surface area contributed by atoms with Crippen molar-refractivity contribution >= 4 is 23.2 Å². The molecule has 112 valence electrons. The van der Waals surface area contributed by atoms with Gasteiger partial charge < -0.3 is 10.1 Å². The minimum atomic E-state index is 0.498. The van der Waals surface area contributed by atoms with E-state index in [0.29, 0.717) is 27.8 Å². The Kier molecular flexibility index (Phi) is 6.16. The largest absolute Gasteiger partial charge is 0.381 e. The lowest BCUT2D eigenvalue weighted by Crippen LogP contribution is -2.38. The summed E-state index contributed by atoms with van der Waals surface area (Å²) in [5.74, 6) is 1.58. The molecular weight excluding hydrogens is 293 g/mol. The Morgan fingerprint density at radius 1 is 1.30 bits per heavy atom. The first-order valence-electron chi connectivity index (χ1n) is 7.31. The number of hydrogen-bond donors (Lipinski definition) is 1. The van der Waals surface area contributed by atoms with Gasteiger partial charge in [0.15, 0.2) is 0 Å². The van der Waals surface area contributed by atoms with Crippen LogP contribution in [0.15, 0.2) is 18.2 Å². The van der Waals surface area contributed by atoms with Crippen molar-refractivity contribution in [2.75, 3.05) is 26.3 Å². The van der Waals surface area contributed by atoms with Crippen molar-refractivity contribution in [3.05, 3.63) is 33.8 Å². The van der Waals surface area contributed by atoms with Crippen LogP contribution in [0.25, 0.3) is 0 Å². The molecule has 2 atom stereocenters. The maximum Gasteiger partial charge on any atom is 0.0595 e. The number of nitrogens with one attached hydrogen (secondary N) is 1. The van der Waals surface area contributed by atoms with Gasteiger partial charge >= 0.3 is 0 Å². The zero-order valence-electron chi connectivity index (χ0n) is 12.2. The fourth-order valence-electron chi connectivity index (χ4n) is 2.74. The second-order valence-electron chi connectivity index (χ2n) is 5.96. The molecule has 1 heterocycles. The average molecular weight is 316 g/mol. The Labute approximate surface area is 131 Å². The van der Waals surface area contributed by atoms with E-state index in [4.69, 9.17) is 27.9 Å². The second-order valence-corrected chi connectivity index (χ2v) is 6.78. The summed E-state index contributed by atoms with van der Waals surface area (Å²) in [6, 6.07) is 6.00. The van der Waals surface area contributed by atoms with Crippen LogP contribution in [0.3, 0.4) is 0 Å². The van der Waals surface area contributed by atoms with E-state index >= 15 is 0 Å². The normalized spacial score (nSPS) is 23.2. The molecule has 0 amide bonds. The van der Waals surface area contributed by atoms with Crippen molar-refractivity contribution in [2.24, 2.45) is 11.8 Å². The van der Waals surface area contributed by atoms with Crippen molar-refractivity contribution in [3.63, 3.8) is 0 Å². The molecule has 4 heteroatoms. The van der Waals surface area contributed by atoms with Gasteiger partial charge in [0.1, 0.15) is 0 Å². The maximum absolute atomic E-state index is 6.15. The van der Waals surface area contributed by atoms with Gasteiger partial charge in [0, 0.05) is 19.1 Å². The van der Waals surface area contributed by atoms with Crippen molar-refractivity contribution in [1.29, 1.82) is 0 Å². The van der Waals surface area contributed by atoms with Gasteiger partial charge in [-0.2, -0.15) is 0 Å². The third-order valence-corrected chi connectivity index (χ3v) is 4.50. The molecule has 20 heavy (non-hydrogen) atoms. The predicted octanol–water partition coefficient (Wildman–Crippen LogP) is 4.36. The molecule has 1 fully saturated rings. The van der Waals surface area contributed by atoms with Crippen molar-refractivity contribution in [3.8, 4) is 0 Å². The maximum atomic E-state index is 6.15. The average Bonchev–Trinajstić information content (AvgIpc) is 2.42. The Hall–Kier alpha value is -0.280. The molecule has 2 nitrogen and oxygen atoms in total.